The zero-order chi connectivity index (χ0) is 24.7. The molecular formula is C27H26ClN3O3S. The van der Waals surface area contributed by atoms with Crippen molar-refractivity contribution in [2.24, 2.45) is 5.92 Å². The van der Waals surface area contributed by atoms with Gasteiger partial charge in [0.2, 0.25) is 5.91 Å². The molecule has 5 rings (SSSR count). The summed E-state index contributed by atoms with van der Waals surface area (Å²) in [5.41, 5.74) is 2.27. The maximum Gasteiger partial charge on any atom is 0.236 e. The number of carbonyl (C=O) groups is 1. The highest BCUT2D eigenvalue weighted by Crippen LogP contribution is 2.52. The van der Waals surface area contributed by atoms with Crippen LogP contribution in [-0.4, -0.2) is 23.4 Å². The number of benzene rings is 3. The largest absolute Gasteiger partial charge is 0.490 e. The number of rotatable bonds is 5. The number of anilines is 2. The Morgan fingerprint density at radius 2 is 1.94 bits per heavy atom. The van der Waals surface area contributed by atoms with E-state index in [4.69, 9.17) is 33.3 Å². The molecule has 8 heteroatoms. The van der Waals surface area contributed by atoms with Crippen molar-refractivity contribution < 1.29 is 14.3 Å². The number of carbonyl (C=O) groups excluding carboxylic acids is 1. The summed E-state index contributed by atoms with van der Waals surface area (Å²) in [6.07, 6.45) is 0. The fourth-order valence-electron chi connectivity index (χ4n) is 4.95. The van der Waals surface area contributed by atoms with Crippen molar-refractivity contribution in [3.05, 3.63) is 82.9 Å². The van der Waals surface area contributed by atoms with Crippen molar-refractivity contribution in [3.8, 4) is 11.5 Å². The number of nitrogens with one attached hydrogen (secondary N) is 2. The minimum Gasteiger partial charge on any atom is -0.490 e. The Labute approximate surface area is 215 Å². The third-order valence-electron chi connectivity index (χ3n) is 6.44. The predicted octanol–water partition coefficient (Wildman–Crippen LogP) is 5.85. The summed E-state index contributed by atoms with van der Waals surface area (Å²) in [6.45, 7) is 6.35. The number of amides is 1. The number of halogens is 1. The number of fused-ring (bicyclic) bond motifs is 4. The quantitative estimate of drug-likeness (QED) is 0.423. The monoisotopic (exact) mass is 507 g/mol. The third kappa shape index (κ3) is 4.09. The molecule has 2 aliphatic heterocycles. The summed E-state index contributed by atoms with van der Waals surface area (Å²) in [5, 5.41) is 7.57. The molecule has 3 aromatic carbocycles. The van der Waals surface area contributed by atoms with Gasteiger partial charge in [-0.05, 0) is 81.0 Å². The van der Waals surface area contributed by atoms with E-state index in [-0.39, 0.29) is 5.91 Å². The van der Waals surface area contributed by atoms with Gasteiger partial charge in [0.15, 0.2) is 22.3 Å². The van der Waals surface area contributed by atoms with Crippen LogP contribution in [0.4, 0.5) is 11.4 Å². The van der Waals surface area contributed by atoms with Crippen LogP contribution in [0.2, 0.25) is 5.02 Å². The Hall–Kier alpha value is -3.29. The number of aryl methyl sites for hydroxylation is 1. The van der Waals surface area contributed by atoms with Gasteiger partial charge in [-0.25, -0.2) is 0 Å². The van der Waals surface area contributed by atoms with Crippen LogP contribution in [0.1, 0.15) is 31.0 Å². The lowest BCUT2D eigenvalue weighted by molar-refractivity contribution is -0.130. The van der Waals surface area contributed by atoms with Crippen LogP contribution in [0.5, 0.6) is 11.5 Å². The van der Waals surface area contributed by atoms with E-state index < -0.39 is 17.7 Å². The zero-order valence-corrected chi connectivity index (χ0v) is 21.2. The minimum absolute atomic E-state index is 0.195. The molecule has 0 spiro atoms. The fraction of sp³-hybridized carbons (Fsp3) is 0.259. The summed E-state index contributed by atoms with van der Waals surface area (Å²) < 4.78 is 12.6. The van der Waals surface area contributed by atoms with Crippen LogP contribution in [0, 0.1) is 12.8 Å². The van der Waals surface area contributed by atoms with E-state index in [0.717, 1.165) is 16.8 Å². The summed E-state index contributed by atoms with van der Waals surface area (Å²) in [7, 11) is 0. The predicted molar refractivity (Wildman–Crippen MR) is 142 cm³/mol. The first-order chi connectivity index (χ1) is 16.8. The molecule has 35 heavy (non-hydrogen) atoms. The normalized spacial score (nSPS) is 22.5. The Balaban J connectivity index is 1.64. The Morgan fingerprint density at radius 3 is 2.66 bits per heavy atom. The topological polar surface area (TPSA) is 62.8 Å². The molecule has 1 fully saturated rings. The average molecular weight is 508 g/mol. The summed E-state index contributed by atoms with van der Waals surface area (Å²) in [6, 6.07) is 20.3. The first-order valence-corrected chi connectivity index (χ1v) is 12.3. The maximum atomic E-state index is 13.9. The summed E-state index contributed by atoms with van der Waals surface area (Å²) in [4.78, 5) is 15.8. The minimum atomic E-state index is -1.13. The standard InChI is InChI=1S/C27H26ClN3O3S/c1-4-33-21-10-6-9-20-23-22(25(32)29-18-13-11-17(28)12-14-18)27(3,34-24(20)21)31(26(35)30-23)19-8-5-7-16(2)15-19/h5-15,22-23H,4H2,1-3H3,(H,29,32)(H,30,35)/t22-,23-,27+/m1/s1. The van der Waals surface area contributed by atoms with Crippen LogP contribution >= 0.6 is 23.8 Å². The second-order valence-corrected chi connectivity index (χ2v) is 9.66. The van der Waals surface area contributed by atoms with Gasteiger partial charge < -0.3 is 20.1 Å². The molecule has 0 saturated carbocycles. The third-order valence-corrected chi connectivity index (χ3v) is 7.00. The van der Waals surface area contributed by atoms with Gasteiger partial charge in [-0.15, -0.1) is 0 Å². The Morgan fingerprint density at radius 1 is 1.20 bits per heavy atom. The van der Waals surface area contributed by atoms with Crippen molar-refractivity contribution >= 4 is 46.2 Å². The lowest BCUT2D eigenvalue weighted by Gasteiger charge is -2.56. The van der Waals surface area contributed by atoms with Crippen molar-refractivity contribution in [2.45, 2.75) is 32.5 Å². The van der Waals surface area contributed by atoms with Crippen molar-refractivity contribution in [2.75, 3.05) is 16.8 Å². The van der Waals surface area contributed by atoms with E-state index in [2.05, 4.69) is 10.6 Å². The number of nitrogens with zero attached hydrogens (tertiary/aromatic N) is 1. The molecule has 3 aromatic rings. The molecular weight excluding hydrogens is 482 g/mol. The number of ether oxygens (including phenoxy) is 2. The molecule has 2 heterocycles. The molecule has 6 nitrogen and oxygen atoms in total. The lowest BCUT2D eigenvalue weighted by Crippen LogP contribution is -2.72. The fourth-order valence-corrected chi connectivity index (χ4v) is 5.49. The number of hydrogen-bond acceptors (Lipinski definition) is 4. The molecule has 0 aliphatic carbocycles. The van der Waals surface area contributed by atoms with Crippen LogP contribution in [0.25, 0.3) is 0 Å². The number of thiocarbonyl (C=S) groups is 1. The highest BCUT2D eigenvalue weighted by Gasteiger charge is 2.59. The Kier molecular flexibility index (Phi) is 6.07. The maximum absolute atomic E-state index is 13.9. The molecule has 2 aliphatic rings. The first-order valence-electron chi connectivity index (χ1n) is 11.5. The van der Waals surface area contributed by atoms with Crippen molar-refractivity contribution in [1.29, 1.82) is 0 Å². The average Bonchev–Trinajstić information content (AvgIpc) is 2.81. The van der Waals surface area contributed by atoms with Gasteiger partial charge >= 0.3 is 0 Å². The zero-order valence-electron chi connectivity index (χ0n) is 19.7. The number of para-hydroxylation sites is 1. The van der Waals surface area contributed by atoms with Gasteiger partial charge in [0, 0.05) is 22.0 Å². The van der Waals surface area contributed by atoms with Gasteiger partial charge in [0.1, 0.15) is 5.92 Å². The summed E-state index contributed by atoms with van der Waals surface area (Å²) in [5.74, 6) is 0.413. The van der Waals surface area contributed by atoms with Crippen LogP contribution in [-0.2, 0) is 4.79 Å². The lowest BCUT2D eigenvalue weighted by atomic mass is 9.78. The van der Waals surface area contributed by atoms with E-state index in [1.54, 1.807) is 24.3 Å². The summed E-state index contributed by atoms with van der Waals surface area (Å²) >= 11 is 11.9. The highest BCUT2D eigenvalue weighted by molar-refractivity contribution is 7.80. The van der Waals surface area contributed by atoms with Gasteiger partial charge in [0.25, 0.3) is 0 Å². The van der Waals surface area contributed by atoms with Gasteiger partial charge in [-0.2, -0.15) is 0 Å². The molecule has 0 unspecified atom stereocenters. The second-order valence-electron chi connectivity index (χ2n) is 8.84. The van der Waals surface area contributed by atoms with Crippen LogP contribution < -0.4 is 25.0 Å². The van der Waals surface area contributed by atoms with E-state index in [1.165, 1.54) is 0 Å². The molecule has 1 amide bonds. The van der Waals surface area contributed by atoms with E-state index in [0.29, 0.717) is 33.9 Å². The molecule has 3 atom stereocenters. The van der Waals surface area contributed by atoms with Gasteiger partial charge in [-0.3, -0.25) is 9.69 Å². The molecule has 180 valence electrons. The van der Waals surface area contributed by atoms with Crippen LogP contribution in [0.15, 0.2) is 66.7 Å². The number of hydrogen-bond donors (Lipinski definition) is 2. The second kappa shape index (κ2) is 9.06. The molecule has 0 radical (unpaired) electrons. The van der Waals surface area contributed by atoms with E-state index in [9.17, 15) is 4.79 Å². The van der Waals surface area contributed by atoms with E-state index in [1.807, 2.05) is 68.1 Å². The molecule has 2 bridgehead atoms. The van der Waals surface area contributed by atoms with Crippen molar-refractivity contribution in [1.82, 2.24) is 5.32 Å². The Bertz CT molecular complexity index is 1300. The highest BCUT2D eigenvalue weighted by atomic mass is 35.5. The SMILES string of the molecule is CCOc1cccc2c1O[C@@]1(C)[C@@H](C(=O)Nc3ccc(Cl)cc3)[C@@H]2NC(=S)N1c1cccc(C)c1. The molecule has 2 N–H and O–H groups in total. The van der Waals surface area contributed by atoms with Crippen molar-refractivity contribution in [3.63, 3.8) is 0 Å². The first kappa shape index (κ1) is 23.5. The molecule has 1 saturated heterocycles. The molecule has 0 aromatic heterocycles. The van der Waals surface area contributed by atoms with Crippen LogP contribution in [0.3, 0.4) is 0 Å². The van der Waals surface area contributed by atoms with Gasteiger partial charge in [0.05, 0.1) is 12.6 Å². The smallest absolute Gasteiger partial charge is 0.236 e. The van der Waals surface area contributed by atoms with E-state index >= 15 is 0 Å². The van der Waals surface area contributed by atoms with Gasteiger partial charge in [-0.1, -0.05) is 35.9 Å².